The maximum absolute atomic E-state index is 12.2. The zero-order valence-corrected chi connectivity index (χ0v) is 16.9. The molecule has 1 fully saturated rings. The quantitative estimate of drug-likeness (QED) is 0.251. The van der Waals surface area contributed by atoms with Gasteiger partial charge in [0.25, 0.3) is 5.56 Å². The number of aromatic nitrogens is 4. The molecule has 0 unspecified atom stereocenters. The third kappa shape index (κ3) is 3.88. The van der Waals surface area contributed by atoms with Crippen LogP contribution in [-0.4, -0.2) is 80.1 Å². The number of aliphatic hydroxyl groups excluding tert-OH is 3. The number of imidazole rings is 1. The van der Waals surface area contributed by atoms with Crippen LogP contribution in [0.15, 0.2) is 40.5 Å². The summed E-state index contributed by atoms with van der Waals surface area (Å²) < 4.78 is 6.93. The second-order valence-electron chi connectivity index (χ2n) is 7.29. The summed E-state index contributed by atoms with van der Waals surface area (Å²) in [5, 5.41) is 34.1. The Kier molecular flexibility index (Phi) is 5.69. The molecule has 0 radical (unpaired) electrons. The first-order valence-electron chi connectivity index (χ1n) is 9.55. The van der Waals surface area contributed by atoms with Gasteiger partial charge in [-0.2, -0.15) is 5.10 Å². The highest BCUT2D eigenvalue weighted by atomic mass is 16.6. The van der Waals surface area contributed by atoms with Gasteiger partial charge in [-0.05, 0) is 17.7 Å². The molecular weight excluding hydrogens is 406 g/mol. The molecule has 31 heavy (non-hydrogen) atoms. The molecule has 164 valence electrons. The topological polar surface area (TPSA) is 161 Å². The van der Waals surface area contributed by atoms with Crippen LogP contribution in [0, 0.1) is 0 Å². The second kappa shape index (κ2) is 8.43. The van der Waals surface area contributed by atoms with E-state index in [0.29, 0.717) is 0 Å². The summed E-state index contributed by atoms with van der Waals surface area (Å²) in [5.41, 5.74) is 4.26. The van der Waals surface area contributed by atoms with Crippen molar-refractivity contribution in [3.63, 3.8) is 0 Å². The maximum Gasteiger partial charge on any atom is 0.278 e. The van der Waals surface area contributed by atoms with Crippen LogP contribution in [0.3, 0.4) is 0 Å². The second-order valence-corrected chi connectivity index (χ2v) is 7.29. The van der Waals surface area contributed by atoms with Crippen molar-refractivity contribution in [2.75, 3.05) is 31.0 Å². The van der Waals surface area contributed by atoms with E-state index >= 15 is 0 Å². The first-order valence-corrected chi connectivity index (χ1v) is 9.55. The van der Waals surface area contributed by atoms with Crippen LogP contribution < -0.4 is 15.9 Å². The lowest BCUT2D eigenvalue weighted by Gasteiger charge is -2.18. The highest BCUT2D eigenvalue weighted by molar-refractivity contribution is 5.81. The number of H-pyrrole nitrogens is 1. The number of hydrazone groups is 1. The van der Waals surface area contributed by atoms with Gasteiger partial charge >= 0.3 is 0 Å². The molecule has 0 amide bonds. The largest absolute Gasteiger partial charge is 0.394 e. The Balaban J connectivity index is 1.67. The number of rotatable bonds is 6. The van der Waals surface area contributed by atoms with Crippen LogP contribution >= 0.6 is 0 Å². The molecule has 0 aliphatic carbocycles. The Morgan fingerprint density at radius 3 is 2.68 bits per heavy atom. The van der Waals surface area contributed by atoms with Crippen LogP contribution in [-0.2, 0) is 4.74 Å². The van der Waals surface area contributed by atoms with Crippen molar-refractivity contribution in [1.29, 1.82) is 0 Å². The summed E-state index contributed by atoms with van der Waals surface area (Å²) in [4.78, 5) is 24.9. The lowest BCUT2D eigenvalue weighted by Crippen LogP contribution is -2.33. The molecule has 5 N–H and O–H groups in total. The van der Waals surface area contributed by atoms with Crippen LogP contribution in [0.2, 0.25) is 0 Å². The third-order valence-electron chi connectivity index (χ3n) is 5.04. The van der Waals surface area contributed by atoms with Gasteiger partial charge in [-0.15, -0.1) is 0 Å². The molecule has 4 atom stereocenters. The van der Waals surface area contributed by atoms with Gasteiger partial charge in [-0.1, -0.05) is 12.1 Å². The minimum Gasteiger partial charge on any atom is -0.394 e. The number of aromatic amines is 1. The zero-order valence-electron chi connectivity index (χ0n) is 16.9. The molecule has 1 saturated heterocycles. The summed E-state index contributed by atoms with van der Waals surface area (Å²) in [6.07, 6.45) is -2.06. The fourth-order valence-corrected chi connectivity index (χ4v) is 3.36. The highest BCUT2D eigenvalue weighted by Crippen LogP contribution is 2.33. The fourth-order valence-electron chi connectivity index (χ4n) is 3.36. The van der Waals surface area contributed by atoms with Gasteiger partial charge in [-0.3, -0.25) is 9.36 Å². The molecule has 12 nitrogen and oxygen atoms in total. The number of hydrogen-bond donors (Lipinski definition) is 5. The number of nitrogens with one attached hydrogen (secondary N) is 2. The molecule has 3 aromatic rings. The summed E-state index contributed by atoms with van der Waals surface area (Å²) in [6.45, 7) is -0.487. The molecule has 12 heteroatoms. The van der Waals surface area contributed by atoms with E-state index in [-0.39, 0.29) is 17.1 Å². The molecule has 2 aromatic heterocycles. The summed E-state index contributed by atoms with van der Waals surface area (Å²) >= 11 is 0. The first-order chi connectivity index (χ1) is 14.9. The van der Waals surface area contributed by atoms with Gasteiger partial charge in [-0.25, -0.2) is 15.4 Å². The monoisotopic (exact) mass is 429 g/mol. The molecule has 3 heterocycles. The molecule has 0 saturated carbocycles. The summed E-state index contributed by atoms with van der Waals surface area (Å²) in [7, 11) is 3.89. The molecule has 1 aliphatic rings. The van der Waals surface area contributed by atoms with Gasteiger partial charge in [0.15, 0.2) is 17.4 Å². The maximum atomic E-state index is 12.2. The number of aliphatic hydroxyl groups is 3. The van der Waals surface area contributed by atoms with E-state index in [9.17, 15) is 20.1 Å². The lowest BCUT2D eigenvalue weighted by molar-refractivity contribution is -0.0501. The zero-order chi connectivity index (χ0) is 22.1. The van der Waals surface area contributed by atoms with E-state index in [1.165, 1.54) is 10.9 Å². The van der Waals surface area contributed by atoms with Crippen molar-refractivity contribution in [2.24, 2.45) is 5.10 Å². The van der Waals surface area contributed by atoms with Crippen molar-refractivity contribution in [2.45, 2.75) is 24.5 Å². The Labute approximate surface area is 176 Å². The Bertz CT molecular complexity index is 1140. The van der Waals surface area contributed by atoms with E-state index in [2.05, 4.69) is 25.5 Å². The SMILES string of the molecule is CN(C)c1ccc(/C=N/Nc2nc3c(=O)[nH]cnc3n2[C@@H]2O[C@H](CO)[C@@H](O)[C@H]2O)cc1. The van der Waals surface area contributed by atoms with Crippen LogP contribution in [0.25, 0.3) is 11.2 Å². The van der Waals surface area contributed by atoms with E-state index in [4.69, 9.17) is 4.74 Å². The molecule has 0 bridgehead atoms. The van der Waals surface area contributed by atoms with Gasteiger partial charge in [0, 0.05) is 19.8 Å². The number of anilines is 2. The molecule has 0 spiro atoms. The molecule has 1 aliphatic heterocycles. The Hall–Kier alpha value is -3.32. The molecule has 1 aromatic carbocycles. The Morgan fingerprint density at radius 1 is 1.29 bits per heavy atom. The normalized spacial score (nSPS) is 23.6. The van der Waals surface area contributed by atoms with Gasteiger partial charge in [0.1, 0.15) is 18.3 Å². The average molecular weight is 429 g/mol. The minimum absolute atomic E-state index is 0.00766. The number of hydrogen-bond acceptors (Lipinski definition) is 10. The third-order valence-corrected chi connectivity index (χ3v) is 5.04. The van der Waals surface area contributed by atoms with Gasteiger partial charge in [0.2, 0.25) is 5.95 Å². The lowest BCUT2D eigenvalue weighted by atomic mass is 10.1. The van der Waals surface area contributed by atoms with E-state index in [1.54, 1.807) is 6.21 Å². The average Bonchev–Trinajstić information content (AvgIpc) is 3.26. The highest BCUT2D eigenvalue weighted by Gasteiger charge is 2.45. The van der Waals surface area contributed by atoms with Crippen molar-refractivity contribution in [3.8, 4) is 0 Å². The number of nitrogens with zero attached hydrogens (tertiary/aromatic N) is 5. The van der Waals surface area contributed by atoms with Gasteiger partial charge in [0.05, 0.1) is 19.1 Å². The number of benzene rings is 1. The standard InChI is InChI=1S/C19H23N7O5/c1-25(2)11-5-3-10(4-6-11)7-22-24-19-23-13-16(20-9-21-17(13)30)26(19)18-15(29)14(28)12(8-27)31-18/h3-7,9,12,14-15,18,27-29H,8H2,1-2H3,(H,23,24)(H,20,21,30)/b22-7+/t12-,14-,15-,18-/m1/s1. The first kappa shape index (κ1) is 20.9. The van der Waals surface area contributed by atoms with Crippen molar-refractivity contribution >= 4 is 29.0 Å². The summed E-state index contributed by atoms with van der Waals surface area (Å²) in [5.74, 6) is 0.0789. The van der Waals surface area contributed by atoms with Crippen LogP contribution in [0.4, 0.5) is 11.6 Å². The van der Waals surface area contributed by atoms with E-state index in [1.807, 2.05) is 43.3 Å². The van der Waals surface area contributed by atoms with Gasteiger partial charge < -0.3 is 29.9 Å². The fraction of sp³-hybridized carbons (Fsp3) is 0.368. The molecular formula is C19H23N7O5. The van der Waals surface area contributed by atoms with Crippen LogP contribution in [0.1, 0.15) is 11.8 Å². The predicted octanol–water partition coefficient (Wildman–Crippen LogP) is -0.757. The van der Waals surface area contributed by atoms with E-state index < -0.39 is 36.7 Å². The smallest absolute Gasteiger partial charge is 0.278 e. The Morgan fingerprint density at radius 2 is 2.03 bits per heavy atom. The minimum atomic E-state index is -1.38. The summed E-state index contributed by atoms with van der Waals surface area (Å²) in [6, 6.07) is 7.67. The number of fused-ring (bicyclic) bond motifs is 1. The van der Waals surface area contributed by atoms with Crippen LogP contribution in [0.5, 0.6) is 0 Å². The molecule has 4 rings (SSSR count). The number of ether oxygens (including phenoxy) is 1. The predicted molar refractivity (Wildman–Crippen MR) is 113 cm³/mol. The van der Waals surface area contributed by atoms with Crippen molar-refractivity contribution in [3.05, 3.63) is 46.5 Å². The van der Waals surface area contributed by atoms with E-state index in [0.717, 1.165) is 11.3 Å². The van der Waals surface area contributed by atoms with Crippen molar-refractivity contribution < 1.29 is 20.1 Å². The van der Waals surface area contributed by atoms with Crippen molar-refractivity contribution in [1.82, 2.24) is 19.5 Å².